The van der Waals surface area contributed by atoms with Crippen molar-refractivity contribution in [3.05, 3.63) is 50.4 Å². The highest BCUT2D eigenvalue weighted by molar-refractivity contribution is 9.13. The number of phenols is 1. The summed E-state index contributed by atoms with van der Waals surface area (Å²) in [5.41, 5.74) is 2.70. The predicted molar refractivity (Wildman–Crippen MR) is 107 cm³/mol. The summed E-state index contributed by atoms with van der Waals surface area (Å²) in [4.78, 5) is 4.62. The van der Waals surface area contributed by atoms with Gasteiger partial charge in [-0.25, -0.2) is 0 Å². The molecule has 0 aromatic heterocycles. The van der Waals surface area contributed by atoms with Gasteiger partial charge in [-0.05, 0) is 68.8 Å². The lowest BCUT2D eigenvalue weighted by molar-refractivity contribution is 0.317. The number of benzene rings is 2. The first-order valence-electron chi connectivity index (χ1n) is 7.96. The number of aromatic hydroxyl groups is 1. The standard InChI is InChI=1S/C19H21Br2NO2/c1-4-12(3)13-8-6-7-9-16(13)22-11-14-18(21)15(20)10-17(19(14)23)24-5-2/h6-12,23H,4-5H2,1-3H3/t12-/m1/s1. The zero-order chi connectivity index (χ0) is 17.7. The molecule has 1 N–H and O–H groups in total. The molecule has 5 heteroatoms. The third-order valence-corrected chi connectivity index (χ3v) is 5.92. The fourth-order valence-electron chi connectivity index (χ4n) is 2.37. The van der Waals surface area contributed by atoms with Gasteiger partial charge in [0.15, 0.2) is 11.5 Å². The Kier molecular flexibility index (Phi) is 6.87. The Morgan fingerprint density at radius 3 is 2.62 bits per heavy atom. The van der Waals surface area contributed by atoms with Gasteiger partial charge in [0.1, 0.15) is 0 Å². The average Bonchev–Trinajstić information content (AvgIpc) is 2.59. The van der Waals surface area contributed by atoms with Crippen LogP contribution in [0, 0.1) is 0 Å². The summed E-state index contributed by atoms with van der Waals surface area (Å²) in [6.07, 6.45) is 2.72. The van der Waals surface area contributed by atoms with Crippen LogP contribution < -0.4 is 4.74 Å². The molecule has 0 bridgehead atoms. The first-order chi connectivity index (χ1) is 11.5. The molecule has 0 unspecified atom stereocenters. The maximum atomic E-state index is 10.5. The molecule has 0 aliphatic carbocycles. The molecule has 24 heavy (non-hydrogen) atoms. The molecule has 1 atom stereocenters. The van der Waals surface area contributed by atoms with E-state index in [1.54, 1.807) is 12.3 Å². The maximum Gasteiger partial charge on any atom is 0.167 e. The summed E-state index contributed by atoms with van der Waals surface area (Å²) in [6, 6.07) is 9.83. The van der Waals surface area contributed by atoms with Gasteiger partial charge in [0.25, 0.3) is 0 Å². The van der Waals surface area contributed by atoms with Crippen molar-refractivity contribution in [2.75, 3.05) is 6.61 Å². The van der Waals surface area contributed by atoms with Gasteiger partial charge in [-0.1, -0.05) is 32.0 Å². The minimum absolute atomic E-state index is 0.0803. The van der Waals surface area contributed by atoms with Crippen LogP contribution in [0.1, 0.15) is 44.2 Å². The van der Waals surface area contributed by atoms with E-state index in [2.05, 4.69) is 56.8 Å². The Hall–Kier alpha value is -1.33. The SMILES string of the molecule is CCOc1cc(Br)c(Br)c(C=Nc2ccccc2[C@H](C)CC)c1O. The molecular weight excluding hydrogens is 434 g/mol. The van der Waals surface area contributed by atoms with Crippen molar-refractivity contribution >= 4 is 43.8 Å². The molecular formula is C19H21Br2NO2. The van der Waals surface area contributed by atoms with Gasteiger partial charge in [0, 0.05) is 15.2 Å². The van der Waals surface area contributed by atoms with Crippen molar-refractivity contribution in [1.82, 2.24) is 0 Å². The maximum absolute atomic E-state index is 10.5. The molecule has 3 nitrogen and oxygen atoms in total. The summed E-state index contributed by atoms with van der Waals surface area (Å²) in [7, 11) is 0. The molecule has 0 amide bonds. The molecule has 2 aromatic rings. The number of hydrogen-bond acceptors (Lipinski definition) is 3. The normalized spacial score (nSPS) is 12.5. The van der Waals surface area contributed by atoms with Gasteiger partial charge >= 0.3 is 0 Å². The number of ether oxygens (including phenoxy) is 1. The van der Waals surface area contributed by atoms with E-state index in [4.69, 9.17) is 4.74 Å². The van der Waals surface area contributed by atoms with Crippen LogP contribution in [0.3, 0.4) is 0 Å². The Morgan fingerprint density at radius 2 is 1.96 bits per heavy atom. The van der Waals surface area contributed by atoms with Crippen LogP contribution in [0.25, 0.3) is 0 Å². The minimum atomic E-state index is 0.0803. The summed E-state index contributed by atoms with van der Waals surface area (Å²) >= 11 is 6.97. The highest BCUT2D eigenvalue weighted by Crippen LogP contribution is 2.40. The van der Waals surface area contributed by atoms with Crippen molar-refractivity contribution in [2.24, 2.45) is 4.99 Å². The molecule has 2 aromatic carbocycles. The number of halogens is 2. The fourth-order valence-corrected chi connectivity index (χ4v) is 3.20. The lowest BCUT2D eigenvalue weighted by atomic mass is 9.97. The molecule has 0 radical (unpaired) electrons. The van der Waals surface area contributed by atoms with Crippen LogP contribution in [0.5, 0.6) is 11.5 Å². The Labute approximate surface area is 160 Å². The number of para-hydroxylation sites is 1. The molecule has 0 aliphatic heterocycles. The monoisotopic (exact) mass is 453 g/mol. The van der Waals surface area contributed by atoms with Gasteiger partial charge in [-0.3, -0.25) is 4.99 Å². The highest BCUT2D eigenvalue weighted by Gasteiger charge is 2.15. The van der Waals surface area contributed by atoms with Gasteiger partial charge in [0.2, 0.25) is 0 Å². The van der Waals surface area contributed by atoms with Gasteiger partial charge in [-0.15, -0.1) is 0 Å². The fraction of sp³-hybridized carbons (Fsp3) is 0.316. The van der Waals surface area contributed by atoms with Crippen molar-refractivity contribution in [3.8, 4) is 11.5 Å². The van der Waals surface area contributed by atoms with Gasteiger partial charge in [0.05, 0.1) is 17.9 Å². The molecule has 0 heterocycles. The van der Waals surface area contributed by atoms with E-state index < -0.39 is 0 Å². The Bertz CT molecular complexity index is 744. The number of hydrogen-bond donors (Lipinski definition) is 1. The third-order valence-electron chi connectivity index (χ3n) is 3.91. The van der Waals surface area contributed by atoms with E-state index in [0.29, 0.717) is 23.8 Å². The second kappa shape index (κ2) is 8.67. The number of rotatable bonds is 6. The van der Waals surface area contributed by atoms with Crippen LogP contribution in [-0.2, 0) is 0 Å². The van der Waals surface area contributed by atoms with Gasteiger partial charge < -0.3 is 9.84 Å². The van der Waals surface area contributed by atoms with E-state index in [-0.39, 0.29) is 5.75 Å². The molecule has 0 saturated heterocycles. The van der Waals surface area contributed by atoms with Crippen LogP contribution in [-0.4, -0.2) is 17.9 Å². The Morgan fingerprint density at radius 1 is 1.25 bits per heavy atom. The molecule has 0 fully saturated rings. The first kappa shape index (κ1) is 19.0. The lowest BCUT2D eigenvalue weighted by Crippen LogP contribution is -1.96. The zero-order valence-corrected chi connectivity index (χ0v) is 17.2. The molecule has 0 saturated carbocycles. The topological polar surface area (TPSA) is 41.8 Å². The van der Waals surface area contributed by atoms with Crippen molar-refractivity contribution in [3.63, 3.8) is 0 Å². The third kappa shape index (κ3) is 4.19. The van der Waals surface area contributed by atoms with Crippen molar-refractivity contribution in [1.29, 1.82) is 0 Å². The number of phenolic OH excluding ortho intramolecular Hbond substituents is 1. The summed E-state index contributed by atoms with van der Waals surface area (Å²) in [5.74, 6) is 0.942. The Balaban J connectivity index is 2.47. The highest BCUT2D eigenvalue weighted by atomic mass is 79.9. The smallest absolute Gasteiger partial charge is 0.167 e. The molecule has 0 aliphatic rings. The second-order valence-corrected chi connectivity index (χ2v) is 7.14. The minimum Gasteiger partial charge on any atom is -0.504 e. The molecule has 128 valence electrons. The zero-order valence-electron chi connectivity index (χ0n) is 14.0. The number of nitrogens with zero attached hydrogens (tertiary/aromatic N) is 1. The molecule has 2 rings (SSSR count). The van der Waals surface area contributed by atoms with Gasteiger partial charge in [-0.2, -0.15) is 0 Å². The largest absolute Gasteiger partial charge is 0.504 e. The lowest BCUT2D eigenvalue weighted by Gasteiger charge is -2.13. The number of aliphatic imine (C=N–C) groups is 1. The summed E-state index contributed by atoms with van der Waals surface area (Å²) in [6.45, 7) is 6.71. The van der Waals surface area contributed by atoms with Crippen LogP contribution in [0.2, 0.25) is 0 Å². The van der Waals surface area contributed by atoms with E-state index in [0.717, 1.165) is 21.1 Å². The van der Waals surface area contributed by atoms with Crippen molar-refractivity contribution < 1.29 is 9.84 Å². The van der Waals surface area contributed by atoms with Crippen molar-refractivity contribution in [2.45, 2.75) is 33.1 Å². The second-order valence-electron chi connectivity index (χ2n) is 5.49. The van der Waals surface area contributed by atoms with Crippen LogP contribution in [0.15, 0.2) is 44.3 Å². The van der Waals surface area contributed by atoms with E-state index in [9.17, 15) is 5.11 Å². The average molecular weight is 455 g/mol. The quantitative estimate of drug-likeness (QED) is 0.500. The first-order valence-corrected chi connectivity index (χ1v) is 9.54. The van der Waals surface area contributed by atoms with E-state index in [1.807, 2.05) is 25.1 Å². The predicted octanol–water partition coefficient (Wildman–Crippen LogP) is 6.58. The van der Waals surface area contributed by atoms with Crippen LogP contribution >= 0.6 is 31.9 Å². The summed E-state index contributed by atoms with van der Waals surface area (Å²) < 4.78 is 7.03. The summed E-state index contributed by atoms with van der Waals surface area (Å²) in [5, 5.41) is 10.5. The van der Waals surface area contributed by atoms with Crippen LogP contribution in [0.4, 0.5) is 5.69 Å². The van der Waals surface area contributed by atoms with E-state index >= 15 is 0 Å². The molecule has 0 spiro atoms. The van der Waals surface area contributed by atoms with E-state index in [1.165, 1.54) is 5.56 Å².